The minimum atomic E-state index is -3.72. The normalized spacial score (nSPS) is 24.3. The van der Waals surface area contributed by atoms with E-state index in [4.69, 9.17) is 11.6 Å². The third-order valence-electron chi connectivity index (χ3n) is 3.45. The fraction of sp³-hybridized carbons (Fsp3) is 0.545. The maximum absolute atomic E-state index is 12.5. The van der Waals surface area contributed by atoms with Crippen LogP contribution < -0.4 is 4.72 Å². The van der Waals surface area contributed by atoms with Crippen LogP contribution in [0.5, 0.6) is 0 Å². The van der Waals surface area contributed by atoms with E-state index in [9.17, 15) is 13.5 Å². The van der Waals surface area contributed by atoms with Gasteiger partial charge in [0.25, 0.3) is 10.0 Å². The Morgan fingerprint density at radius 2 is 2.10 bits per heavy atom. The lowest BCUT2D eigenvalue weighted by Crippen LogP contribution is -2.39. The summed E-state index contributed by atoms with van der Waals surface area (Å²) in [6, 6.07) is -0.163. The SMILES string of the molecule is O=S(=O)(NC1CCC(O)CC1)c1c(Cl)nc2sccn12. The van der Waals surface area contributed by atoms with Gasteiger partial charge in [-0.2, -0.15) is 0 Å². The average molecular weight is 336 g/mol. The quantitative estimate of drug-likeness (QED) is 0.893. The monoisotopic (exact) mass is 335 g/mol. The van der Waals surface area contributed by atoms with Crippen molar-refractivity contribution in [3.63, 3.8) is 0 Å². The van der Waals surface area contributed by atoms with E-state index in [2.05, 4.69) is 9.71 Å². The molecule has 2 N–H and O–H groups in total. The van der Waals surface area contributed by atoms with Crippen LogP contribution in [0.4, 0.5) is 0 Å². The van der Waals surface area contributed by atoms with Gasteiger partial charge in [0.2, 0.25) is 0 Å². The van der Waals surface area contributed by atoms with Crippen LogP contribution in [0.25, 0.3) is 4.96 Å². The zero-order valence-corrected chi connectivity index (χ0v) is 12.9. The van der Waals surface area contributed by atoms with E-state index in [0.29, 0.717) is 30.6 Å². The summed E-state index contributed by atoms with van der Waals surface area (Å²) in [5, 5.41) is 11.2. The van der Waals surface area contributed by atoms with E-state index < -0.39 is 10.0 Å². The average Bonchev–Trinajstić information content (AvgIpc) is 2.91. The highest BCUT2D eigenvalue weighted by Crippen LogP contribution is 2.27. The van der Waals surface area contributed by atoms with E-state index >= 15 is 0 Å². The van der Waals surface area contributed by atoms with Crippen molar-refractivity contribution in [3.8, 4) is 0 Å². The molecule has 1 fully saturated rings. The molecule has 0 aliphatic heterocycles. The molecule has 0 amide bonds. The van der Waals surface area contributed by atoms with Crippen LogP contribution in [-0.4, -0.2) is 35.1 Å². The summed E-state index contributed by atoms with van der Waals surface area (Å²) < 4.78 is 29.1. The number of rotatable bonds is 3. The molecule has 2 aromatic rings. The fourth-order valence-corrected chi connectivity index (χ4v) is 5.21. The Morgan fingerprint density at radius 1 is 1.40 bits per heavy atom. The molecule has 0 bridgehead atoms. The number of aromatic nitrogens is 2. The molecule has 1 aliphatic rings. The topological polar surface area (TPSA) is 83.7 Å². The van der Waals surface area contributed by atoms with Crippen LogP contribution in [0.1, 0.15) is 25.7 Å². The number of nitrogens with one attached hydrogen (secondary N) is 1. The number of hydrogen-bond acceptors (Lipinski definition) is 5. The zero-order chi connectivity index (χ0) is 14.3. The molecule has 20 heavy (non-hydrogen) atoms. The summed E-state index contributed by atoms with van der Waals surface area (Å²) >= 11 is 7.28. The van der Waals surface area contributed by atoms with Gasteiger partial charge >= 0.3 is 0 Å². The van der Waals surface area contributed by atoms with Gasteiger partial charge < -0.3 is 5.11 Å². The molecule has 0 aromatic carbocycles. The highest BCUT2D eigenvalue weighted by Gasteiger charge is 2.29. The fourth-order valence-electron chi connectivity index (χ4n) is 2.45. The number of halogens is 1. The number of imidazole rings is 1. The Balaban J connectivity index is 1.88. The first-order valence-corrected chi connectivity index (χ1v) is 9.03. The number of fused-ring (bicyclic) bond motifs is 1. The van der Waals surface area contributed by atoms with Crippen molar-refractivity contribution in [3.05, 3.63) is 16.7 Å². The van der Waals surface area contributed by atoms with Gasteiger partial charge in [-0.05, 0) is 25.7 Å². The number of thiazole rings is 1. The Morgan fingerprint density at radius 3 is 2.80 bits per heavy atom. The van der Waals surface area contributed by atoms with Crippen molar-refractivity contribution in [1.82, 2.24) is 14.1 Å². The van der Waals surface area contributed by atoms with Crippen molar-refractivity contribution in [2.75, 3.05) is 0 Å². The highest BCUT2D eigenvalue weighted by atomic mass is 35.5. The van der Waals surface area contributed by atoms with Crippen molar-refractivity contribution in [2.24, 2.45) is 0 Å². The van der Waals surface area contributed by atoms with Gasteiger partial charge in [0.1, 0.15) is 0 Å². The predicted molar refractivity (Wildman–Crippen MR) is 76.7 cm³/mol. The third-order valence-corrected chi connectivity index (χ3v) is 6.13. The maximum Gasteiger partial charge on any atom is 0.260 e. The van der Waals surface area contributed by atoms with Crippen LogP contribution in [-0.2, 0) is 10.0 Å². The van der Waals surface area contributed by atoms with E-state index in [0.717, 1.165) is 0 Å². The second-order valence-electron chi connectivity index (χ2n) is 4.89. The van der Waals surface area contributed by atoms with Crippen LogP contribution in [0, 0.1) is 0 Å². The second-order valence-corrected chi connectivity index (χ2v) is 7.75. The molecule has 2 heterocycles. The number of aliphatic hydroxyl groups is 1. The molecule has 110 valence electrons. The minimum absolute atomic E-state index is 0.0125. The van der Waals surface area contributed by atoms with E-state index in [1.54, 1.807) is 11.6 Å². The third kappa shape index (κ3) is 2.58. The van der Waals surface area contributed by atoms with Gasteiger partial charge in [0, 0.05) is 17.6 Å². The molecule has 0 spiro atoms. The standard InChI is InChI=1S/C11H14ClN3O3S2/c12-9-10(15-5-6-19-11(15)13-9)20(17,18)14-7-1-3-8(16)4-2-7/h5-8,14,16H,1-4H2. The number of sulfonamides is 1. The molecule has 0 unspecified atom stereocenters. The first kappa shape index (κ1) is 14.3. The summed E-state index contributed by atoms with van der Waals surface area (Å²) in [7, 11) is -3.72. The summed E-state index contributed by atoms with van der Waals surface area (Å²) in [5.41, 5.74) is 0. The lowest BCUT2D eigenvalue weighted by molar-refractivity contribution is 0.120. The van der Waals surface area contributed by atoms with E-state index in [1.165, 1.54) is 15.7 Å². The van der Waals surface area contributed by atoms with Gasteiger partial charge in [-0.15, -0.1) is 11.3 Å². The van der Waals surface area contributed by atoms with Gasteiger partial charge in [0.15, 0.2) is 15.1 Å². The molecule has 0 saturated heterocycles. The summed E-state index contributed by atoms with van der Waals surface area (Å²) in [5.74, 6) is 0. The summed E-state index contributed by atoms with van der Waals surface area (Å²) in [4.78, 5) is 4.58. The Labute approximate surface area is 125 Å². The van der Waals surface area contributed by atoms with Crippen molar-refractivity contribution >= 4 is 37.9 Å². The predicted octanol–water partition coefficient (Wildman–Crippen LogP) is 1.63. The molecular weight excluding hydrogens is 322 g/mol. The molecule has 3 rings (SSSR count). The molecule has 2 aromatic heterocycles. The first-order chi connectivity index (χ1) is 9.47. The highest BCUT2D eigenvalue weighted by molar-refractivity contribution is 7.89. The molecule has 0 atom stereocenters. The molecule has 1 aliphatic carbocycles. The van der Waals surface area contributed by atoms with Gasteiger partial charge in [-0.1, -0.05) is 11.6 Å². The zero-order valence-electron chi connectivity index (χ0n) is 10.5. The van der Waals surface area contributed by atoms with Crippen molar-refractivity contribution < 1.29 is 13.5 Å². The number of nitrogens with zero attached hydrogens (tertiary/aromatic N) is 2. The van der Waals surface area contributed by atoms with Gasteiger partial charge in [-0.3, -0.25) is 4.40 Å². The smallest absolute Gasteiger partial charge is 0.260 e. The summed E-state index contributed by atoms with van der Waals surface area (Å²) in [6.45, 7) is 0. The minimum Gasteiger partial charge on any atom is -0.393 e. The summed E-state index contributed by atoms with van der Waals surface area (Å²) in [6.07, 6.45) is 3.80. The Kier molecular flexibility index (Phi) is 3.76. The van der Waals surface area contributed by atoms with Crippen LogP contribution in [0.3, 0.4) is 0 Å². The lowest BCUT2D eigenvalue weighted by atomic mass is 9.94. The largest absolute Gasteiger partial charge is 0.393 e. The first-order valence-electron chi connectivity index (χ1n) is 6.29. The molecule has 6 nitrogen and oxygen atoms in total. The maximum atomic E-state index is 12.5. The molecule has 0 radical (unpaired) electrons. The van der Waals surface area contributed by atoms with Crippen LogP contribution in [0.15, 0.2) is 16.6 Å². The van der Waals surface area contributed by atoms with Crippen molar-refractivity contribution in [1.29, 1.82) is 0 Å². The Hall–Kier alpha value is -0.670. The lowest BCUT2D eigenvalue weighted by Gasteiger charge is -2.25. The second kappa shape index (κ2) is 5.27. The van der Waals surface area contributed by atoms with E-state index in [-0.39, 0.29) is 22.3 Å². The van der Waals surface area contributed by atoms with E-state index in [1.807, 2.05) is 0 Å². The molecule has 1 saturated carbocycles. The van der Waals surface area contributed by atoms with Crippen molar-refractivity contribution in [2.45, 2.75) is 42.9 Å². The van der Waals surface area contributed by atoms with Crippen LogP contribution in [0.2, 0.25) is 5.15 Å². The number of hydrogen-bond donors (Lipinski definition) is 2. The van der Waals surface area contributed by atoms with Crippen LogP contribution >= 0.6 is 22.9 Å². The number of aliphatic hydroxyl groups excluding tert-OH is 1. The molecular formula is C11H14ClN3O3S2. The van der Waals surface area contributed by atoms with Gasteiger partial charge in [-0.25, -0.2) is 18.1 Å². The molecule has 9 heteroatoms. The Bertz CT molecular complexity index is 716. The van der Waals surface area contributed by atoms with Gasteiger partial charge in [0.05, 0.1) is 6.10 Å².